The zero-order valence-electron chi connectivity index (χ0n) is 13.8. The third kappa shape index (κ3) is 6.89. The number of carbonyl (C=O) groups is 3. The van der Waals surface area contributed by atoms with E-state index in [0.29, 0.717) is 12.8 Å². The number of esters is 3. The molecule has 0 fully saturated rings. The number of methoxy groups -OCH3 is 1. The van der Waals surface area contributed by atoms with Crippen molar-refractivity contribution < 1.29 is 33.3 Å². The summed E-state index contributed by atoms with van der Waals surface area (Å²) in [5.74, 6) is -2.04. The highest BCUT2D eigenvalue weighted by atomic mass is 16.6. The molecule has 0 aromatic heterocycles. The number of carbonyl (C=O) groups excluding carboxylic acids is 3. The van der Waals surface area contributed by atoms with E-state index in [-0.39, 0.29) is 26.2 Å². The standard InChI is InChI=1S/C15H26O7/c1-5-8-21-13(17)11-15(22-9-6-2,10-12(16)19-4)14(18)20-7-3/h5-11H2,1-4H3. The van der Waals surface area contributed by atoms with E-state index in [4.69, 9.17) is 14.2 Å². The molecule has 0 N–H and O–H groups in total. The van der Waals surface area contributed by atoms with Gasteiger partial charge in [0.1, 0.15) is 0 Å². The van der Waals surface area contributed by atoms with E-state index in [9.17, 15) is 14.4 Å². The van der Waals surface area contributed by atoms with Crippen molar-refractivity contribution in [1.29, 1.82) is 0 Å². The molecule has 128 valence electrons. The lowest BCUT2D eigenvalue weighted by Gasteiger charge is -2.29. The first-order valence-electron chi connectivity index (χ1n) is 7.49. The van der Waals surface area contributed by atoms with Gasteiger partial charge in [-0.1, -0.05) is 13.8 Å². The van der Waals surface area contributed by atoms with Crippen LogP contribution in [0.5, 0.6) is 0 Å². The Kier molecular flexibility index (Phi) is 10.2. The van der Waals surface area contributed by atoms with Gasteiger partial charge in [-0.3, -0.25) is 9.59 Å². The lowest BCUT2D eigenvalue weighted by Crippen LogP contribution is -2.47. The monoisotopic (exact) mass is 318 g/mol. The van der Waals surface area contributed by atoms with Crippen molar-refractivity contribution in [2.75, 3.05) is 26.9 Å². The first-order chi connectivity index (χ1) is 10.5. The van der Waals surface area contributed by atoms with Crippen molar-refractivity contribution in [3.05, 3.63) is 0 Å². The van der Waals surface area contributed by atoms with E-state index in [2.05, 4.69) is 4.74 Å². The Labute approximate surface area is 131 Å². The Morgan fingerprint density at radius 3 is 1.95 bits per heavy atom. The van der Waals surface area contributed by atoms with Gasteiger partial charge in [0, 0.05) is 6.61 Å². The molecule has 7 heteroatoms. The molecule has 0 aliphatic carbocycles. The fourth-order valence-electron chi connectivity index (χ4n) is 1.73. The van der Waals surface area contributed by atoms with Gasteiger partial charge in [0.15, 0.2) is 5.60 Å². The minimum Gasteiger partial charge on any atom is -0.469 e. The second-order valence-electron chi connectivity index (χ2n) is 4.71. The van der Waals surface area contributed by atoms with Gasteiger partial charge in [0.05, 0.1) is 33.2 Å². The second-order valence-corrected chi connectivity index (χ2v) is 4.71. The molecule has 0 aromatic rings. The number of hydrogen-bond donors (Lipinski definition) is 0. The highest BCUT2D eigenvalue weighted by molar-refractivity contribution is 5.90. The van der Waals surface area contributed by atoms with Gasteiger partial charge < -0.3 is 18.9 Å². The van der Waals surface area contributed by atoms with Crippen LogP contribution in [-0.4, -0.2) is 50.4 Å². The van der Waals surface area contributed by atoms with Crippen molar-refractivity contribution in [3.8, 4) is 0 Å². The van der Waals surface area contributed by atoms with Crippen LogP contribution in [0, 0.1) is 0 Å². The molecule has 1 unspecified atom stereocenters. The van der Waals surface area contributed by atoms with Crippen LogP contribution in [0.3, 0.4) is 0 Å². The predicted molar refractivity (Wildman–Crippen MR) is 78.1 cm³/mol. The normalized spacial score (nSPS) is 13.1. The average molecular weight is 318 g/mol. The summed E-state index contributed by atoms with van der Waals surface area (Å²) in [6.07, 6.45) is 0.488. The highest BCUT2D eigenvalue weighted by Gasteiger charge is 2.46. The van der Waals surface area contributed by atoms with Crippen LogP contribution >= 0.6 is 0 Å². The number of rotatable bonds is 11. The van der Waals surface area contributed by atoms with Crippen molar-refractivity contribution in [2.24, 2.45) is 0 Å². The first-order valence-corrected chi connectivity index (χ1v) is 7.49. The minimum absolute atomic E-state index is 0.112. The Balaban J connectivity index is 5.27. The molecule has 0 bridgehead atoms. The summed E-state index contributed by atoms with van der Waals surface area (Å²) in [6.45, 7) is 5.90. The van der Waals surface area contributed by atoms with Crippen LogP contribution in [0.15, 0.2) is 0 Å². The van der Waals surface area contributed by atoms with Crippen molar-refractivity contribution in [2.45, 2.75) is 52.1 Å². The fourth-order valence-corrected chi connectivity index (χ4v) is 1.73. The van der Waals surface area contributed by atoms with Crippen LogP contribution in [0.4, 0.5) is 0 Å². The molecule has 7 nitrogen and oxygen atoms in total. The van der Waals surface area contributed by atoms with Gasteiger partial charge in [0.2, 0.25) is 0 Å². The van der Waals surface area contributed by atoms with Crippen LogP contribution in [0.1, 0.15) is 46.5 Å². The average Bonchev–Trinajstić information content (AvgIpc) is 2.50. The Hall–Kier alpha value is -1.63. The third-order valence-corrected chi connectivity index (χ3v) is 2.78. The predicted octanol–water partition coefficient (Wildman–Crippen LogP) is 1.62. The first kappa shape index (κ1) is 20.4. The minimum atomic E-state index is -1.70. The molecule has 22 heavy (non-hydrogen) atoms. The topological polar surface area (TPSA) is 88.1 Å². The Morgan fingerprint density at radius 1 is 0.864 bits per heavy atom. The fraction of sp³-hybridized carbons (Fsp3) is 0.800. The maximum atomic E-state index is 12.3. The Bertz CT molecular complexity index is 367. The summed E-state index contributed by atoms with van der Waals surface area (Å²) in [5.41, 5.74) is -1.70. The molecule has 0 aliphatic rings. The molecule has 0 rings (SSSR count). The van der Waals surface area contributed by atoms with Crippen molar-refractivity contribution in [1.82, 2.24) is 0 Å². The molecule has 0 saturated heterocycles. The van der Waals surface area contributed by atoms with Gasteiger partial charge in [-0.2, -0.15) is 0 Å². The number of ether oxygens (including phenoxy) is 4. The summed E-state index contributed by atoms with van der Waals surface area (Å²) in [4.78, 5) is 35.8. The van der Waals surface area contributed by atoms with E-state index in [1.54, 1.807) is 6.92 Å². The summed E-state index contributed by atoms with van der Waals surface area (Å²) in [5, 5.41) is 0. The van der Waals surface area contributed by atoms with E-state index >= 15 is 0 Å². The molecular weight excluding hydrogens is 292 g/mol. The van der Waals surface area contributed by atoms with Crippen LogP contribution in [0.2, 0.25) is 0 Å². The molecule has 0 spiro atoms. The van der Waals surface area contributed by atoms with E-state index in [1.165, 1.54) is 7.11 Å². The summed E-state index contributed by atoms with van der Waals surface area (Å²) < 4.78 is 20.1. The molecule has 0 saturated carbocycles. The van der Waals surface area contributed by atoms with Gasteiger partial charge >= 0.3 is 17.9 Å². The lowest BCUT2D eigenvalue weighted by molar-refractivity contribution is -0.184. The molecule has 0 aromatic carbocycles. The maximum absolute atomic E-state index is 12.3. The van der Waals surface area contributed by atoms with E-state index < -0.39 is 29.9 Å². The lowest BCUT2D eigenvalue weighted by atomic mass is 9.95. The van der Waals surface area contributed by atoms with Crippen LogP contribution < -0.4 is 0 Å². The van der Waals surface area contributed by atoms with Gasteiger partial charge in [-0.15, -0.1) is 0 Å². The van der Waals surface area contributed by atoms with Gasteiger partial charge in [0.25, 0.3) is 0 Å². The molecule has 0 amide bonds. The quantitative estimate of drug-likeness (QED) is 0.422. The Morgan fingerprint density at radius 2 is 1.45 bits per heavy atom. The SMILES string of the molecule is CCCOC(=O)CC(CC(=O)OC)(OCCC)C(=O)OCC. The summed E-state index contributed by atoms with van der Waals surface area (Å²) in [6, 6.07) is 0. The third-order valence-electron chi connectivity index (χ3n) is 2.78. The summed E-state index contributed by atoms with van der Waals surface area (Å²) in [7, 11) is 1.20. The largest absolute Gasteiger partial charge is 0.469 e. The van der Waals surface area contributed by atoms with Crippen LogP contribution in [0.25, 0.3) is 0 Å². The molecule has 0 heterocycles. The second kappa shape index (κ2) is 11.0. The van der Waals surface area contributed by atoms with E-state index in [0.717, 1.165) is 0 Å². The highest BCUT2D eigenvalue weighted by Crippen LogP contribution is 2.25. The van der Waals surface area contributed by atoms with Crippen molar-refractivity contribution in [3.63, 3.8) is 0 Å². The number of hydrogen-bond acceptors (Lipinski definition) is 7. The van der Waals surface area contributed by atoms with Crippen LogP contribution in [-0.2, 0) is 33.3 Å². The van der Waals surface area contributed by atoms with Gasteiger partial charge in [-0.25, -0.2) is 4.79 Å². The van der Waals surface area contributed by atoms with Crippen molar-refractivity contribution >= 4 is 17.9 Å². The molecular formula is C15H26O7. The summed E-state index contributed by atoms with van der Waals surface area (Å²) >= 11 is 0. The van der Waals surface area contributed by atoms with E-state index in [1.807, 2.05) is 13.8 Å². The van der Waals surface area contributed by atoms with Gasteiger partial charge in [-0.05, 0) is 19.8 Å². The zero-order valence-corrected chi connectivity index (χ0v) is 13.8. The smallest absolute Gasteiger partial charge is 0.339 e. The molecule has 0 radical (unpaired) electrons. The molecule has 0 aliphatic heterocycles. The molecule has 1 atom stereocenters. The maximum Gasteiger partial charge on any atom is 0.339 e. The zero-order chi connectivity index (χ0) is 17.0.